The molecule has 7 heteroatoms. The molecule has 0 spiro atoms. The smallest absolute Gasteiger partial charge is 0.248 e. The van der Waals surface area contributed by atoms with Gasteiger partial charge in [-0.05, 0) is 24.0 Å². The molecule has 2 unspecified atom stereocenters. The van der Waals surface area contributed by atoms with Crippen molar-refractivity contribution >= 4 is 17.7 Å². The summed E-state index contributed by atoms with van der Waals surface area (Å²) in [4.78, 5) is 38.3. The lowest BCUT2D eigenvalue weighted by atomic mass is 9.97. The molecular formula is C22H25N3O4. The van der Waals surface area contributed by atoms with Crippen LogP contribution < -0.4 is 11.1 Å². The number of primary amides is 1. The molecule has 4 N–H and O–H groups in total. The molecule has 1 saturated heterocycles. The number of carbonyl (C=O) groups is 3. The summed E-state index contributed by atoms with van der Waals surface area (Å²) in [6.07, 6.45) is -0.630. The summed E-state index contributed by atoms with van der Waals surface area (Å²) in [5.41, 5.74) is 7.11. The van der Waals surface area contributed by atoms with Gasteiger partial charge in [0.1, 0.15) is 6.04 Å². The highest BCUT2D eigenvalue weighted by Gasteiger charge is 2.38. The summed E-state index contributed by atoms with van der Waals surface area (Å²) in [6, 6.07) is 17.1. The second-order valence-electron chi connectivity index (χ2n) is 7.21. The number of amides is 3. The monoisotopic (exact) mass is 395 g/mol. The Morgan fingerprint density at radius 3 is 2.17 bits per heavy atom. The third kappa shape index (κ3) is 5.20. The molecule has 0 saturated carbocycles. The lowest BCUT2D eigenvalue weighted by molar-refractivity contribution is -0.143. The maximum Gasteiger partial charge on any atom is 0.248 e. The van der Waals surface area contributed by atoms with Crippen LogP contribution >= 0.6 is 0 Å². The lowest BCUT2D eigenvalue weighted by Crippen LogP contribution is -2.56. The van der Waals surface area contributed by atoms with Crippen molar-refractivity contribution in [2.45, 2.75) is 44.0 Å². The first kappa shape index (κ1) is 20.5. The van der Waals surface area contributed by atoms with Gasteiger partial charge in [0.25, 0.3) is 0 Å². The van der Waals surface area contributed by atoms with Gasteiger partial charge in [-0.2, -0.15) is 0 Å². The van der Waals surface area contributed by atoms with E-state index >= 15 is 0 Å². The molecule has 3 rings (SSSR count). The zero-order valence-electron chi connectivity index (χ0n) is 16.0. The molecule has 0 radical (unpaired) electrons. The SMILES string of the molecule is NC(=O)C(O)C(Cc1ccccc1)N(Cc1ccccc1)C(=O)[C@H]1CCC(=O)N1. The van der Waals surface area contributed by atoms with Crippen LogP contribution in [0.4, 0.5) is 0 Å². The summed E-state index contributed by atoms with van der Waals surface area (Å²) in [5.74, 6) is -1.41. The molecule has 1 fully saturated rings. The van der Waals surface area contributed by atoms with E-state index in [1.54, 1.807) is 0 Å². The van der Waals surface area contributed by atoms with Crippen molar-refractivity contribution in [3.05, 3.63) is 71.8 Å². The highest BCUT2D eigenvalue weighted by atomic mass is 16.3. The fourth-order valence-electron chi connectivity index (χ4n) is 3.58. The molecule has 7 nitrogen and oxygen atoms in total. The molecule has 3 atom stereocenters. The molecule has 0 bridgehead atoms. The highest BCUT2D eigenvalue weighted by Crippen LogP contribution is 2.20. The lowest BCUT2D eigenvalue weighted by Gasteiger charge is -2.35. The molecule has 2 aromatic rings. The number of aliphatic hydroxyl groups is 1. The Balaban J connectivity index is 1.94. The Morgan fingerprint density at radius 2 is 1.66 bits per heavy atom. The zero-order chi connectivity index (χ0) is 20.8. The highest BCUT2D eigenvalue weighted by molar-refractivity contribution is 5.91. The average molecular weight is 395 g/mol. The van der Waals surface area contributed by atoms with Crippen molar-refractivity contribution in [2.75, 3.05) is 0 Å². The van der Waals surface area contributed by atoms with Crippen LogP contribution in [0.3, 0.4) is 0 Å². The Hall–Kier alpha value is -3.19. The fraction of sp³-hybridized carbons (Fsp3) is 0.318. The van der Waals surface area contributed by atoms with E-state index in [2.05, 4.69) is 5.32 Å². The van der Waals surface area contributed by atoms with E-state index in [1.165, 1.54) is 4.90 Å². The number of hydrogen-bond acceptors (Lipinski definition) is 4. The van der Waals surface area contributed by atoms with Crippen molar-refractivity contribution < 1.29 is 19.5 Å². The summed E-state index contributed by atoms with van der Waals surface area (Å²) in [5, 5.41) is 13.3. The summed E-state index contributed by atoms with van der Waals surface area (Å²) < 4.78 is 0. The standard InChI is InChI=1S/C22H25N3O4/c23-21(28)20(27)18(13-15-7-3-1-4-8-15)25(14-16-9-5-2-6-10-16)22(29)17-11-12-19(26)24-17/h1-10,17-18,20,27H,11-14H2,(H2,23,28)(H,24,26)/t17-,18?,20?/m1/s1. The van der Waals surface area contributed by atoms with Crippen molar-refractivity contribution in [3.8, 4) is 0 Å². The van der Waals surface area contributed by atoms with Gasteiger partial charge in [0.15, 0.2) is 6.10 Å². The quantitative estimate of drug-likeness (QED) is 0.612. The number of nitrogens with one attached hydrogen (secondary N) is 1. The molecule has 1 aliphatic rings. The van der Waals surface area contributed by atoms with Crippen LogP contribution in [0.2, 0.25) is 0 Å². The Morgan fingerprint density at radius 1 is 1.07 bits per heavy atom. The summed E-state index contributed by atoms with van der Waals surface area (Å²) in [7, 11) is 0. The van der Waals surface area contributed by atoms with Crippen molar-refractivity contribution in [3.63, 3.8) is 0 Å². The van der Waals surface area contributed by atoms with Crippen LogP contribution in [-0.4, -0.2) is 45.9 Å². The first-order valence-electron chi connectivity index (χ1n) is 9.61. The molecule has 1 aliphatic heterocycles. The number of benzene rings is 2. The van der Waals surface area contributed by atoms with Crippen LogP contribution in [0.1, 0.15) is 24.0 Å². The van der Waals surface area contributed by atoms with Gasteiger partial charge < -0.3 is 21.1 Å². The van der Waals surface area contributed by atoms with Crippen LogP contribution in [0.15, 0.2) is 60.7 Å². The van der Waals surface area contributed by atoms with Gasteiger partial charge in [0.05, 0.1) is 6.04 Å². The molecule has 152 valence electrons. The van der Waals surface area contributed by atoms with Gasteiger partial charge in [-0.3, -0.25) is 14.4 Å². The molecule has 3 amide bonds. The second kappa shape index (κ2) is 9.34. The third-order valence-electron chi connectivity index (χ3n) is 5.12. The number of nitrogens with two attached hydrogens (primary N) is 1. The fourth-order valence-corrected chi connectivity index (χ4v) is 3.58. The maximum absolute atomic E-state index is 13.3. The van der Waals surface area contributed by atoms with Gasteiger partial charge in [0.2, 0.25) is 17.7 Å². The minimum atomic E-state index is -1.54. The predicted molar refractivity (Wildman–Crippen MR) is 107 cm³/mol. The van der Waals surface area contributed by atoms with Gasteiger partial charge in [-0.15, -0.1) is 0 Å². The van der Waals surface area contributed by atoms with Crippen LogP contribution in [0.25, 0.3) is 0 Å². The van der Waals surface area contributed by atoms with Crippen molar-refractivity contribution in [1.82, 2.24) is 10.2 Å². The topological polar surface area (TPSA) is 113 Å². The molecule has 2 aromatic carbocycles. The first-order chi connectivity index (χ1) is 14.0. The average Bonchev–Trinajstić information content (AvgIpc) is 3.17. The molecular weight excluding hydrogens is 370 g/mol. The zero-order valence-corrected chi connectivity index (χ0v) is 16.0. The number of hydrogen-bond donors (Lipinski definition) is 3. The van der Waals surface area contributed by atoms with E-state index in [-0.39, 0.29) is 31.2 Å². The minimum Gasteiger partial charge on any atom is -0.381 e. The third-order valence-corrected chi connectivity index (χ3v) is 5.12. The van der Waals surface area contributed by atoms with Gasteiger partial charge >= 0.3 is 0 Å². The molecule has 29 heavy (non-hydrogen) atoms. The van der Waals surface area contributed by atoms with E-state index in [9.17, 15) is 19.5 Å². The largest absolute Gasteiger partial charge is 0.381 e. The van der Waals surface area contributed by atoms with E-state index in [1.807, 2.05) is 60.7 Å². The second-order valence-corrected chi connectivity index (χ2v) is 7.21. The van der Waals surface area contributed by atoms with Crippen molar-refractivity contribution in [2.24, 2.45) is 5.73 Å². The van der Waals surface area contributed by atoms with Gasteiger partial charge in [0, 0.05) is 13.0 Å². The van der Waals surface area contributed by atoms with Crippen molar-refractivity contribution in [1.29, 1.82) is 0 Å². The Bertz CT molecular complexity index is 857. The Labute approximate surface area is 169 Å². The van der Waals surface area contributed by atoms with E-state index in [0.29, 0.717) is 6.42 Å². The number of nitrogens with zero attached hydrogens (tertiary/aromatic N) is 1. The summed E-state index contributed by atoms with van der Waals surface area (Å²) >= 11 is 0. The number of aliphatic hydroxyl groups excluding tert-OH is 1. The summed E-state index contributed by atoms with van der Waals surface area (Å²) in [6.45, 7) is 0.188. The van der Waals surface area contributed by atoms with E-state index in [4.69, 9.17) is 5.73 Å². The number of rotatable bonds is 8. The molecule has 1 heterocycles. The first-order valence-corrected chi connectivity index (χ1v) is 9.61. The van der Waals surface area contributed by atoms with Crippen LogP contribution in [-0.2, 0) is 27.3 Å². The van der Waals surface area contributed by atoms with E-state index < -0.39 is 24.1 Å². The normalized spacial score (nSPS) is 18.0. The Kier molecular flexibility index (Phi) is 6.61. The predicted octanol–water partition coefficient (Wildman–Crippen LogP) is 0.751. The molecule has 0 aliphatic carbocycles. The van der Waals surface area contributed by atoms with Crippen LogP contribution in [0.5, 0.6) is 0 Å². The number of carbonyl (C=O) groups excluding carboxylic acids is 3. The van der Waals surface area contributed by atoms with E-state index in [0.717, 1.165) is 11.1 Å². The van der Waals surface area contributed by atoms with Gasteiger partial charge in [-0.1, -0.05) is 60.7 Å². The van der Waals surface area contributed by atoms with Gasteiger partial charge in [-0.25, -0.2) is 0 Å². The minimum absolute atomic E-state index is 0.182. The van der Waals surface area contributed by atoms with Crippen LogP contribution in [0, 0.1) is 0 Å². The molecule has 0 aromatic heterocycles. The maximum atomic E-state index is 13.3.